The lowest BCUT2D eigenvalue weighted by molar-refractivity contribution is 0.415. The molecule has 0 aliphatic rings. The summed E-state index contributed by atoms with van der Waals surface area (Å²) in [6.45, 7) is 7.43. The average molecular weight is 237 g/mol. The number of hydrogen-bond acceptors (Lipinski definition) is 3. The monoisotopic (exact) mass is 237 g/mol. The second kappa shape index (κ2) is 10.3. The van der Waals surface area contributed by atoms with Gasteiger partial charge in [0.05, 0.1) is 7.11 Å². The summed E-state index contributed by atoms with van der Waals surface area (Å²) < 4.78 is 4.91. The van der Waals surface area contributed by atoms with Crippen molar-refractivity contribution in [3.8, 4) is 5.75 Å². The Morgan fingerprint density at radius 1 is 1.44 bits per heavy atom. The number of nitrogens with zero attached hydrogens (tertiary/aromatic N) is 1. The van der Waals surface area contributed by atoms with Crippen LogP contribution in [0.4, 0.5) is 0 Å². The van der Waals surface area contributed by atoms with Crippen molar-refractivity contribution in [2.75, 3.05) is 12.9 Å². The van der Waals surface area contributed by atoms with E-state index >= 15 is 0 Å². The Hall–Kier alpha value is -1.22. The molecule has 2 nitrogen and oxygen atoms in total. The fraction of sp³-hybridized carbons (Fsp3) is 0.308. The molecular formula is C13H19NOS. The number of benzene rings is 1. The summed E-state index contributed by atoms with van der Waals surface area (Å²) in [6.07, 6.45) is 0. The molecule has 0 aliphatic carbocycles. The molecule has 0 unspecified atom stereocenters. The third kappa shape index (κ3) is 8.12. The molecule has 0 bridgehead atoms. The molecule has 0 aliphatic heterocycles. The highest BCUT2D eigenvalue weighted by molar-refractivity contribution is 8.02. The van der Waals surface area contributed by atoms with Crippen LogP contribution in [0.5, 0.6) is 5.75 Å². The van der Waals surface area contributed by atoms with Gasteiger partial charge in [-0.1, -0.05) is 25.1 Å². The smallest absolute Gasteiger partial charge is 0.118 e. The van der Waals surface area contributed by atoms with Crippen molar-refractivity contribution in [2.45, 2.75) is 13.8 Å². The van der Waals surface area contributed by atoms with Gasteiger partial charge in [0.25, 0.3) is 0 Å². The Balaban J connectivity index is 0.000000281. The van der Waals surface area contributed by atoms with Crippen LogP contribution in [0.25, 0.3) is 0 Å². The van der Waals surface area contributed by atoms with Gasteiger partial charge in [-0.15, -0.1) is 11.8 Å². The lowest BCUT2D eigenvalue weighted by Gasteiger charge is -1.93. The van der Waals surface area contributed by atoms with Gasteiger partial charge in [0, 0.05) is 5.70 Å². The quantitative estimate of drug-likeness (QED) is 0.738. The molecule has 1 aromatic carbocycles. The molecule has 0 N–H and O–H groups in total. The van der Waals surface area contributed by atoms with Gasteiger partial charge in [0.15, 0.2) is 0 Å². The van der Waals surface area contributed by atoms with E-state index in [0.717, 1.165) is 17.2 Å². The second-order valence-electron chi connectivity index (χ2n) is 2.89. The van der Waals surface area contributed by atoms with Gasteiger partial charge in [0.2, 0.25) is 0 Å². The summed E-state index contributed by atoms with van der Waals surface area (Å²) in [5.41, 5.74) is 0.997. The van der Waals surface area contributed by atoms with Crippen molar-refractivity contribution in [1.29, 1.82) is 0 Å². The maximum atomic E-state index is 4.91. The van der Waals surface area contributed by atoms with E-state index in [-0.39, 0.29) is 0 Å². The molecule has 0 amide bonds. The zero-order valence-electron chi connectivity index (χ0n) is 10.1. The van der Waals surface area contributed by atoms with Crippen molar-refractivity contribution in [2.24, 2.45) is 4.99 Å². The number of ether oxygens (including phenoxy) is 1. The number of methoxy groups -OCH3 is 1. The predicted molar refractivity (Wildman–Crippen MR) is 74.4 cm³/mol. The van der Waals surface area contributed by atoms with Crippen LogP contribution in [0, 0.1) is 0 Å². The predicted octanol–water partition coefficient (Wildman–Crippen LogP) is 4.00. The highest BCUT2D eigenvalue weighted by Crippen LogP contribution is 2.06. The zero-order valence-corrected chi connectivity index (χ0v) is 11.0. The van der Waals surface area contributed by atoms with Crippen LogP contribution in [0.2, 0.25) is 0 Å². The SMILES string of the molecule is C=N/C(C)=C\SCC.COc1ccccc1. The molecule has 0 fully saturated rings. The van der Waals surface area contributed by atoms with Crippen LogP contribution in [0.15, 0.2) is 46.4 Å². The largest absolute Gasteiger partial charge is 0.497 e. The minimum atomic E-state index is 0.910. The molecular weight excluding hydrogens is 218 g/mol. The fourth-order valence-electron chi connectivity index (χ4n) is 0.798. The van der Waals surface area contributed by atoms with E-state index in [1.165, 1.54) is 0 Å². The summed E-state index contributed by atoms with van der Waals surface area (Å²) in [7, 11) is 1.66. The van der Waals surface area contributed by atoms with Crippen LogP contribution in [-0.2, 0) is 0 Å². The lowest BCUT2D eigenvalue weighted by Crippen LogP contribution is -1.78. The third-order valence-electron chi connectivity index (χ3n) is 1.65. The van der Waals surface area contributed by atoms with Gasteiger partial charge in [-0.3, -0.25) is 4.99 Å². The molecule has 1 aromatic rings. The van der Waals surface area contributed by atoms with Gasteiger partial charge in [-0.25, -0.2) is 0 Å². The maximum Gasteiger partial charge on any atom is 0.118 e. The Labute approximate surface area is 102 Å². The van der Waals surface area contributed by atoms with E-state index < -0.39 is 0 Å². The topological polar surface area (TPSA) is 21.6 Å². The molecule has 0 aromatic heterocycles. The minimum Gasteiger partial charge on any atom is -0.497 e. The van der Waals surface area contributed by atoms with Gasteiger partial charge in [0.1, 0.15) is 5.75 Å². The first kappa shape index (κ1) is 14.8. The van der Waals surface area contributed by atoms with Crippen molar-refractivity contribution in [3.05, 3.63) is 41.4 Å². The minimum absolute atomic E-state index is 0.910. The van der Waals surface area contributed by atoms with Crippen LogP contribution in [-0.4, -0.2) is 19.6 Å². The molecule has 16 heavy (non-hydrogen) atoms. The molecule has 3 heteroatoms. The van der Waals surface area contributed by atoms with Crippen LogP contribution >= 0.6 is 11.8 Å². The van der Waals surface area contributed by atoms with Crippen molar-refractivity contribution in [1.82, 2.24) is 0 Å². The van der Waals surface area contributed by atoms with Crippen molar-refractivity contribution in [3.63, 3.8) is 0 Å². The summed E-state index contributed by atoms with van der Waals surface area (Å²) in [6, 6.07) is 9.68. The molecule has 0 saturated heterocycles. The summed E-state index contributed by atoms with van der Waals surface area (Å²) >= 11 is 1.74. The molecule has 0 radical (unpaired) electrons. The van der Waals surface area contributed by atoms with Gasteiger partial charge in [-0.05, 0) is 36.9 Å². The normalized spacial score (nSPS) is 10.1. The van der Waals surface area contributed by atoms with Gasteiger partial charge >= 0.3 is 0 Å². The highest BCUT2D eigenvalue weighted by atomic mass is 32.2. The van der Waals surface area contributed by atoms with Crippen LogP contribution < -0.4 is 4.74 Å². The van der Waals surface area contributed by atoms with Crippen molar-refractivity contribution >= 4 is 18.5 Å². The molecule has 1 rings (SSSR count). The number of thioether (sulfide) groups is 1. The first-order chi connectivity index (χ1) is 7.74. The molecule has 0 atom stereocenters. The fourth-order valence-corrected chi connectivity index (χ4v) is 1.28. The number of para-hydroxylation sites is 1. The Morgan fingerprint density at radius 2 is 2.06 bits per heavy atom. The van der Waals surface area contributed by atoms with E-state index in [9.17, 15) is 0 Å². The van der Waals surface area contributed by atoms with E-state index in [1.807, 2.05) is 42.7 Å². The number of allylic oxidation sites excluding steroid dienone is 1. The first-order valence-electron chi connectivity index (χ1n) is 5.08. The van der Waals surface area contributed by atoms with E-state index in [0.29, 0.717) is 0 Å². The summed E-state index contributed by atoms with van der Waals surface area (Å²) in [4.78, 5) is 3.72. The zero-order chi connectivity index (χ0) is 12.2. The third-order valence-corrected chi connectivity index (χ3v) is 2.49. The van der Waals surface area contributed by atoms with Gasteiger partial charge in [-0.2, -0.15) is 0 Å². The summed E-state index contributed by atoms with van der Waals surface area (Å²) in [5, 5.41) is 2.01. The van der Waals surface area contributed by atoms with E-state index in [4.69, 9.17) is 4.74 Å². The van der Waals surface area contributed by atoms with Crippen LogP contribution in [0.1, 0.15) is 13.8 Å². The Morgan fingerprint density at radius 3 is 2.44 bits per heavy atom. The van der Waals surface area contributed by atoms with Gasteiger partial charge < -0.3 is 4.74 Å². The summed E-state index contributed by atoms with van der Waals surface area (Å²) in [5.74, 6) is 2.01. The maximum absolute atomic E-state index is 4.91. The Kier molecular flexibility index (Phi) is 9.52. The first-order valence-corrected chi connectivity index (χ1v) is 6.13. The molecule has 0 spiro atoms. The van der Waals surface area contributed by atoms with Crippen molar-refractivity contribution < 1.29 is 4.74 Å². The lowest BCUT2D eigenvalue weighted by atomic mass is 10.3. The van der Waals surface area contributed by atoms with E-state index in [2.05, 4.69) is 18.6 Å². The van der Waals surface area contributed by atoms with Crippen LogP contribution in [0.3, 0.4) is 0 Å². The molecule has 0 heterocycles. The number of hydrogen-bond donors (Lipinski definition) is 0. The average Bonchev–Trinajstić information content (AvgIpc) is 2.37. The van der Waals surface area contributed by atoms with E-state index in [1.54, 1.807) is 18.9 Å². The molecule has 0 saturated carbocycles. The molecule has 88 valence electrons. The highest BCUT2D eigenvalue weighted by Gasteiger charge is 1.80. The standard InChI is InChI=1S/C7H8O.C6H11NS/c1-8-7-5-3-2-4-6-7;1-4-8-5-6(2)7-3/h2-6H,1H3;5H,3-4H2,1-2H3/b;6-5-. The number of rotatable bonds is 4. The number of aliphatic imine (C=N–C) groups is 1. The second-order valence-corrected chi connectivity index (χ2v) is 4.04. The Bertz CT molecular complexity index is 309.